The minimum absolute atomic E-state index is 0.251. The number of anilines is 1. The van der Waals surface area contributed by atoms with Crippen molar-refractivity contribution in [1.82, 2.24) is 5.32 Å². The van der Waals surface area contributed by atoms with Crippen molar-refractivity contribution in [2.45, 2.75) is 13.5 Å². The Labute approximate surface area is 130 Å². The Morgan fingerprint density at radius 2 is 1.68 bits per heavy atom. The summed E-state index contributed by atoms with van der Waals surface area (Å²) in [6, 6.07) is 12.9. The van der Waals surface area contributed by atoms with Gasteiger partial charge in [0.25, 0.3) is 0 Å². The van der Waals surface area contributed by atoms with Gasteiger partial charge in [-0.3, -0.25) is 0 Å². The van der Waals surface area contributed by atoms with E-state index in [0.29, 0.717) is 18.0 Å². The van der Waals surface area contributed by atoms with Gasteiger partial charge in [-0.1, -0.05) is 23.8 Å². The number of carbonyl (C=O) groups excluding carboxylic acids is 1. The van der Waals surface area contributed by atoms with Gasteiger partial charge in [-0.05, 0) is 36.8 Å². The molecule has 22 heavy (non-hydrogen) atoms. The smallest absolute Gasteiger partial charge is 0.319 e. The third-order valence-corrected chi connectivity index (χ3v) is 3.21. The lowest BCUT2D eigenvalue weighted by Gasteiger charge is -2.11. The summed E-state index contributed by atoms with van der Waals surface area (Å²) in [6.45, 7) is 2.40. The van der Waals surface area contributed by atoms with Crippen molar-refractivity contribution in [3.8, 4) is 11.5 Å². The molecule has 0 aliphatic heterocycles. The Bertz CT molecular complexity index is 639. The third kappa shape index (κ3) is 4.15. The second kappa shape index (κ2) is 7.36. The van der Waals surface area contributed by atoms with Gasteiger partial charge in [-0.25, -0.2) is 4.79 Å². The van der Waals surface area contributed by atoms with Crippen molar-refractivity contribution in [3.63, 3.8) is 0 Å². The Balaban J connectivity index is 1.92. The Kier molecular flexibility index (Phi) is 5.25. The Hall–Kier alpha value is -2.69. The number of hydrogen-bond donors (Lipinski definition) is 2. The first kappa shape index (κ1) is 15.7. The van der Waals surface area contributed by atoms with Crippen molar-refractivity contribution < 1.29 is 14.3 Å². The normalized spacial score (nSPS) is 9.95. The molecule has 0 heterocycles. The molecule has 0 saturated carbocycles. The number of benzene rings is 2. The summed E-state index contributed by atoms with van der Waals surface area (Å²) >= 11 is 0. The molecule has 0 spiro atoms. The van der Waals surface area contributed by atoms with Crippen molar-refractivity contribution in [2.24, 2.45) is 0 Å². The largest absolute Gasteiger partial charge is 0.493 e. The minimum Gasteiger partial charge on any atom is -0.493 e. The van der Waals surface area contributed by atoms with Crippen molar-refractivity contribution in [3.05, 3.63) is 53.6 Å². The zero-order chi connectivity index (χ0) is 15.9. The lowest BCUT2D eigenvalue weighted by atomic mass is 10.2. The first-order valence-electron chi connectivity index (χ1n) is 6.95. The van der Waals surface area contributed by atoms with Crippen LogP contribution in [0.3, 0.4) is 0 Å². The van der Waals surface area contributed by atoms with E-state index in [0.717, 1.165) is 16.8 Å². The van der Waals surface area contributed by atoms with Crippen LogP contribution < -0.4 is 20.1 Å². The van der Waals surface area contributed by atoms with Gasteiger partial charge >= 0.3 is 6.03 Å². The molecule has 5 heteroatoms. The molecule has 0 fully saturated rings. The number of ether oxygens (including phenoxy) is 2. The molecule has 2 rings (SSSR count). The predicted molar refractivity (Wildman–Crippen MR) is 86.6 cm³/mol. The molecular formula is C17H20N2O3. The molecule has 2 aromatic rings. The number of carbonyl (C=O) groups is 1. The highest BCUT2D eigenvalue weighted by atomic mass is 16.5. The minimum atomic E-state index is -0.251. The van der Waals surface area contributed by atoms with E-state index in [2.05, 4.69) is 10.6 Å². The van der Waals surface area contributed by atoms with Crippen LogP contribution in [-0.4, -0.2) is 20.3 Å². The molecule has 0 aromatic heterocycles. The average molecular weight is 300 g/mol. The quantitative estimate of drug-likeness (QED) is 0.890. The van der Waals surface area contributed by atoms with Crippen LogP contribution in [-0.2, 0) is 6.54 Å². The summed E-state index contributed by atoms with van der Waals surface area (Å²) in [5, 5.41) is 5.59. The number of hydrogen-bond acceptors (Lipinski definition) is 3. The van der Waals surface area contributed by atoms with Gasteiger partial charge in [0.15, 0.2) is 11.5 Å². The first-order chi connectivity index (χ1) is 10.6. The van der Waals surface area contributed by atoms with Gasteiger partial charge in [0, 0.05) is 12.2 Å². The van der Waals surface area contributed by atoms with E-state index in [4.69, 9.17) is 9.47 Å². The van der Waals surface area contributed by atoms with Gasteiger partial charge in [0.05, 0.1) is 14.2 Å². The van der Waals surface area contributed by atoms with E-state index in [1.54, 1.807) is 14.2 Å². The van der Waals surface area contributed by atoms with Crippen LogP contribution in [0.5, 0.6) is 11.5 Å². The first-order valence-corrected chi connectivity index (χ1v) is 6.95. The fourth-order valence-corrected chi connectivity index (χ4v) is 1.99. The SMILES string of the molecule is COc1ccc(CNC(=O)Nc2ccc(C)cc2)cc1OC. The maximum atomic E-state index is 11.9. The second-order valence-electron chi connectivity index (χ2n) is 4.86. The second-order valence-corrected chi connectivity index (χ2v) is 4.86. The molecule has 0 aliphatic rings. The number of nitrogens with one attached hydrogen (secondary N) is 2. The highest BCUT2D eigenvalue weighted by Crippen LogP contribution is 2.27. The fourth-order valence-electron chi connectivity index (χ4n) is 1.99. The monoisotopic (exact) mass is 300 g/mol. The number of amides is 2. The number of urea groups is 1. The molecule has 0 unspecified atom stereocenters. The Morgan fingerprint density at radius 1 is 1.00 bits per heavy atom. The summed E-state index contributed by atoms with van der Waals surface area (Å²) in [5.74, 6) is 1.30. The molecular weight excluding hydrogens is 280 g/mol. The van der Waals surface area contributed by atoms with E-state index in [1.807, 2.05) is 49.4 Å². The topological polar surface area (TPSA) is 59.6 Å². The standard InChI is InChI=1S/C17H20N2O3/c1-12-4-7-14(8-5-12)19-17(20)18-11-13-6-9-15(21-2)16(10-13)22-3/h4-10H,11H2,1-3H3,(H2,18,19,20). The van der Waals surface area contributed by atoms with E-state index in [-0.39, 0.29) is 6.03 Å². The summed E-state index contributed by atoms with van der Waals surface area (Å²) < 4.78 is 10.4. The van der Waals surface area contributed by atoms with Crippen LogP contribution in [0.4, 0.5) is 10.5 Å². The van der Waals surface area contributed by atoms with Gasteiger partial charge in [-0.2, -0.15) is 0 Å². The molecule has 2 aromatic carbocycles. The van der Waals surface area contributed by atoms with Crippen LogP contribution in [0, 0.1) is 6.92 Å². The van der Waals surface area contributed by atoms with Gasteiger partial charge < -0.3 is 20.1 Å². The summed E-state index contributed by atoms with van der Waals surface area (Å²) in [6.07, 6.45) is 0. The van der Waals surface area contributed by atoms with E-state index in [1.165, 1.54) is 0 Å². The van der Waals surface area contributed by atoms with E-state index >= 15 is 0 Å². The fraction of sp³-hybridized carbons (Fsp3) is 0.235. The summed E-state index contributed by atoms with van der Waals surface area (Å²) in [7, 11) is 3.17. The number of methoxy groups -OCH3 is 2. The van der Waals surface area contributed by atoms with Crippen molar-refractivity contribution in [1.29, 1.82) is 0 Å². The molecule has 0 bridgehead atoms. The highest BCUT2D eigenvalue weighted by molar-refractivity contribution is 5.89. The van der Waals surface area contributed by atoms with Crippen LogP contribution in [0.25, 0.3) is 0 Å². The van der Waals surface area contributed by atoms with Crippen LogP contribution in [0.15, 0.2) is 42.5 Å². The third-order valence-electron chi connectivity index (χ3n) is 3.21. The zero-order valence-electron chi connectivity index (χ0n) is 13.0. The average Bonchev–Trinajstić information content (AvgIpc) is 2.54. The maximum Gasteiger partial charge on any atom is 0.319 e. The van der Waals surface area contributed by atoms with Crippen LogP contribution >= 0.6 is 0 Å². The molecule has 116 valence electrons. The van der Waals surface area contributed by atoms with Crippen LogP contribution in [0.1, 0.15) is 11.1 Å². The molecule has 0 radical (unpaired) electrons. The van der Waals surface area contributed by atoms with Crippen molar-refractivity contribution >= 4 is 11.7 Å². The molecule has 0 saturated heterocycles. The molecule has 2 amide bonds. The van der Waals surface area contributed by atoms with E-state index in [9.17, 15) is 4.79 Å². The maximum absolute atomic E-state index is 11.9. The van der Waals surface area contributed by atoms with Crippen molar-refractivity contribution in [2.75, 3.05) is 19.5 Å². The lowest BCUT2D eigenvalue weighted by molar-refractivity contribution is 0.251. The van der Waals surface area contributed by atoms with Crippen LogP contribution in [0.2, 0.25) is 0 Å². The summed E-state index contributed by atoms with van der Waals surface area (Å²) in [5.41, 5.74) is 2.84. The predicted octanol–water partition coefficient (Wildman–Crippen LogP) is 3.33. The highest BCUT2D eigenvalue weighted by Gasteiger charge is 2.06. The summed E-state index contributed by atoms with van der Waals surface area (Å²) in [4.78, 5) is 11.9. The number of rotatable bonds is 5. The van der Waals surface area contributed by atoms with Gasteiger partial charge in [-0.15, -0.1) is 0 Å². The van der Waals surface area contributed by atoms with Gasteiger partial charge in [0.1, 0.15) is 0 Å². The molecule has 5 nitrogen and oxygen atoms in total. The van der Waals surface area contributed by atoms with E-state index < -0.39 is 0 Å². The number of aryl methyl sites for hydroxylation is 1. The zero-order valence-corrected chi connectivity index (χ0v) is 13.0. The molecule has 2 N–H and O–H groups in total. The molecule has 0 atom stereocenters. The van der Waals surface area contributed by atoms with Gasteiger partial charge in [0.2, 0.25) is 0 Å². The Morgan fingerprint density at radius 3 is 2.32 bits per heavy atom. The lowest BCUT2D eigenvalue weighted by Crippen LogP contribution is -2.28. The molecule has 0 aliphatic carbocycles.